The number of para-hydroxylation sites is 1. The molecule has 0 aliphatic rings. The van der Waals surface area contributed by atoms with E-state index in [1.807, 2.05) is 12.3 Å². The Balaban J connectivity index is 1.77. The number of aromatic nitrogens is 1. The average molecular weight is 306 g/mol. The number of hydrazone groups is 1. The molecule has 0 bridgehead atoms. The van der Waals surface area contributed by atoms with Crippen LogP contribution >= 0.6 is 0 Å². The summed E-state index contributed by atoms with van der Waals surface area (Å²) in [5, 5.41) is 16.0. The van der Waals surface area contributed by atoms with Crippen molar-refractivity contribution in [2.24, 2.45) is 5.10 Å². The lowest BCUT2D eigenvalue weighted by Gasteiger charge is -2.03. The Kier molecular flexibility index (Phi) is 4.10. The van der Waals surface area contributed by atoms with Crippen LogP contribution in [-0.2, 0) is 6.42 Å². The van der Waals surface area contributed by atoms with Crippen LogP contribution in [0.2, 0.25) is 0 Å². The number of aryl methyl sites for hydroxylation is 1. The predicted molar refractivity (Wildman–Crippen MR) is 89.7 cm³/mol. The van der Waals surface area contributed by atoms with E-state index >= 15 is 0 Å². The molecule has 0 amide bonds. The summed E-state index contributed by atoms with van der Waals surface area (Å²) >= 11 is 0. The third-order valence-corrected chi connectivity index (χ3v) is 3.73. The number of aromatic amines is 1. The van der Waals surface area contributed by atoms with Crippen molar-refractivity contribution in [3.05, 3.63) is 65.4 Å². The minimum atomic E-state index is -1.19. The minimum Gasteiger partial charge on any atom is -0.545 e. The molecular formula is C18H16N3O2-. The van der Waals surface area contributed by atoms with Crippen molar-refractivity contribution in [3.8, 4) is 0 Å². The summed E-state index contributed by atoms with van der Waals surface area (Å²) in [4.78, 5) is 14.0. The third kappa shape index (κ3) is 3.08. The maximum absolute atomic E-state index is 10.7. The molecule has 116 valence electrons. The molecule has 0 unspecified atom stereocenters. The Morgan fingerprint density at radius 3 is 2.74 bits per heavy atom. The van der Waals surface area contributed by atoms with Crippen molar-refractivity contribution < 1.29 is 9.90 Å². The van der Waals surface area contributed by atoms with E-state index in [4.69, 9.17) is 0 Å². The normalized spacial score (nSPS) is 11.2. The molecule has 2 aromatic carbocycles. The van der Waals surface area contributed by atoms with Gasteiger partial charge in [-0.3, -0.25) is 5.43 Å². The maximum atomic E-state index is 10.7. The number of H-pyrrole nitrogens is 1. The number of nitrogens with one attached hydrogen (secondary N) is 2. The monoisotopic (exact) mass is 306 g/mol. The molecule has 1 heterocycles. The first kappa shape index (κ1) is 14.8. The lowest BCUT2D eigenvalue weighted by atomic mass is 10.1. The molecule has 0 radical (unpaired) electrons. The van der Waals surface area contributed by atoms with Crippen LogP contribution in [0.5, 0.6) is 0 Å². The molecule has 1 aromatic heterocycles. The summed E-state index contributed by atoms with van der Waals surface area (Å²) in [6, 6.07) is 12.5. The summed E-state index contributed by atoms with van der Waals surface area (Å²) in [5.41, 5.74) is 7.14. The molecule has 3 aromatic rings. The van der Waals surface area contributed by atoms with E-state index < -0.39 is 5.97 Å². The van der Waals surface area contributed by atoms with Gasteiger partial charge in [-0.2, -0.15) is 5.10 Å². The van der Waals surface area contributed by atoms with Gasteiger partial charge in [0.15, 0.2) is 0 Å². The molecule has 0 saturated carbocycles. The summed E-state index contributed by atoms with van der Waals surface area (Å²) < 4.78 is 0. The number of hydrogen-bond acceptors (Lipinski definition) is 4. The number of carbonyl (C=O) groups excluding carboxylic acids is 1. The number of rotatable bonds is 5. The summed E-state index contributed by atoms with van der Waals surface area (Å²) in [6.07, 6.45) is 4.64. The molecule has 5 heteroatoms. The number of carbonyl (C=O) groups is 1. The van der Waals surface area contributed by atoms with Crippen molar-refractivity contribution in [2.75, 3.05) is 5.43 Å². The SMILES string of the molecule is CCc1cccc2c(/C=N/Nc3ccc(C(=O)[O-])cc3)c[nH]c12. The highest BCUT2D eigenvalue weighted by Crippen LogP contribution is 2.21. The van der Waals surface area contributed by atoms with Crippen LogP contribution in [0, 0.1) is 0 Å². The number of aromatic carboxylic acids is 1. The van der Waals surface area contributed by atoms with Gasteiger partial charge in [0.1, 0.15) is 0 Å². The minimum absolute atomic E-state index is 0.142. The Hall–Kier alpha value is -3.08. The Bertz CT molecular complexity index is 864. The second-order valence-electron chi connectivity index (χ2n) is 5.17. The molecule has 5 nitrogen and oxygen atoms in total. The molecule has 0 atom stereocenters. The van der Waals surface area contributed by atoms with Crippen LogP contribution in [0.4, 0.5) is 5.69 Å². The van der Waals surface area contributed by atoms with Gasteiger partial charge < -0.3 is 14.9 Å². The van der Waals surface area contributed by atoms with Crippen LogP contribution in [0.3, 0.4) is 0 Å². The summed E-state index contributed by atoms with van der Waals surface area (Å²) in [7, 11) is 0. The number of benzene rings is 2. The van der Waals surface area contributed by atoms with Crippen LogP contribution in [-0.4, -0.2) is 17.2 Å². The number of fused-ring (bicyclic) bond motifs is 1. The standard InChI is InChI=1S/C18H17N3O2/c1-2-12-4-3-5-16-14(10-19-17(12)16)11-20-21-15-8-6-13(7-9-15)18(22)23/h3-11,19,21H,2H2,1H3,(H,22,23)/p-1/b20-11+. The van der Waals surface area contributed by atoms with Crippen LogP contribution in [0.25, 0.3) is 10.9 Å². The van der Waals surface area contributed by atoms with Gasteiger partial charge in [0.2, 0.25) is 0 Å². The highest BCUT2D eigenvalue weighted by molar-refractivity contribution is 6.00. The summed E-state index contributed by atoms with van der Waals surface area (Å²) in [6.45, 7) is 2.13. The molecule has 3 rings (SSSR count). The maximum Gasteiger partial charge on any atom is 0.0715 e. The molecular weight excluding hydrogens is 290 g/mol. The second kappa shape index (κ2) is 6.36. The second-order valence-corrected chi connectivity index (χ2v) is 5.17. The number of nitrogens with zero attached hydrogens (tertiary/aromatic N) is 1. The van der Waals surface area contributed by atoms with Gasteiger partial charge in [-0.15, -0.1) is 0 Å². The van der Waals surface area contributed by atoms with Gasteiger partial charge in [0.05, 0.1) is 17.9 Å². The van der Waals surface area contributed by atoms with Gasteiger partial charge in [-0.05, 0) is 29.7 Å². The van der Waals surface area contributed by atoms with Gasteiger partial charge >= 0.3 is 0 Å². The van der Waals surface area contributed by atoms with Crippen LogP contribution < -0.4 is 10.5 Å². The lowest BCUT2D eigenvalue weighted by molar-refractivity contribution is -0.255. The first-order chi connectivity index (χ1) is 11.2. The van der Waals surface area contributed by atoms with Gasteiger partial charge in [0, 0.05) is 22.7 Å². The van der Waals surface area contributed by atoms with Gasteiger partial charge in [-0.25, -0.2) is 0 Å². The molecule has 0 aliphatic heterocycles. The Morgan fingerprint density at radius 2 is 2.04 bits per heavy atom. The zero-order valence-corrected chi connectivity index (χ0v) is 12.7. The van der Waals surface area contributed by atoms with Crippen molar-refractivity contribution in [3.63, 3.8) is 0 Å². The zero-order valence-electron chi connectivity index (χ0n) is 12.7. The largest absolute Gasteiger partial charge is 0.545 e. The highest BCUT2D eigenvalue weighted by atomic mass is 16.4. The molecule has 2 N–H and O–H groups in total. The molecule has 0 saturated heterocycles. The van der Waals surface area contributed by atoms with E-state index in [1.54, 1.807) is 18.3 Å². The van der Waals surface area contributed by atoms with E-state index in [1.165, 1.54) is 17.7 Å². The van der Waals surface area contributed by atoms with E-state index in [2.05, 4.69) is 34.6 Å². The number of hydrogen-bond donors (Lipinski definition) is 2. The average Bonchev–Trinajstić information content (AvgIpc) is 2.98. The zero-order chi connectivity index (χ0) is 16.2. The van der Waals surface area contributed by atoms with Crippen LogP contribution in [0.1, 0.15) is 28.4 Å². The summed E-state index contributed by atoms with van der Waals surface area (Å²) in [5.74, 6) is -1.19. The molecule has 0 spiro atoms. The fourth-order valence-corrected chi connectivity index (χ4v) is 2.50. The van der Waals surface area contributed by atoms with Crippen molar-refractivity contribution in [2.45, 2.75) is 13.3 Å². The third-order valence-electron chi connectivity index (χ3n) is 3.73. The first-order valence-corrected chi connectivity index (χ1v) is 7.38. The molecule has 0 aliphatic carbocycles. The number of carboxylic acid groups (broad SMARTS) is 1. The molecule has 23 heavy (non-hydrogen) atoms. The van der Waals surface area contributed by atoms with Gasteiger partial charge in [-0.1, -0.05) is 37.3 Å². The van der Waals surface area contributed by atoms with Crippen LogP contribution in [0.15, 0.2) is 53.8 Å². The smallest absolute Gasteiger partial charge is 0.0715 e. The Morgan fingerprint density at radius 1 is 1.26 bits per heavy atom. The van der Waals surface area contributed by atoms with Crippen molar-refractivity contribution >= 4 is 28.8 Å². The van der Waals surface area contributed by atoms with E-state index in [-0.39, 0.29) is 5.56 Å². The van der Waals surface area contributed by atoms with Crippen molar-refractivity contribution in [1.82, 2.24) is 4.98 Å². The fraction of sp³-hybridized carbons (Fsp3) is 0.111. The first-order valence-electron chi connectivity index (χ1n) is 7.38. The molecule has 0 fully saturated rings. The highest BCUT2D eigenvalue weighted by Gasteiger charge is 2.04. The van der Waals surface area contributed by atoms with E-state index in [0.29, 0.717) is 5.69 Å². The van der Waals surface area contributed by atoms with Gasteiger partial charge in [0.25, 0.3) is 0 Å². The number of anilines is 1. The quantitative estimate of drug-likeness (QED) is 0.561. The number of carboxylic acids is 1. The lowest BCUT2D eigenvalue weighted by Crippen LogP contribution is -2.21. The fourth-order valence-electron chi connectivity index (χ4n) is 2.50. The predicted octanol–water partition coefficient (Wildman–Crippen LogP) is 2.54. The van der Waals surface area contributed by atoms with E-state index in [0.717, 1.165) is 22.9 Å². The van der Waals surface area contributed by atoms with E-state index in [9.17, 15) is 9.90 Å². The van der Waals surface area contributed by atoms with Crippen molar-refractivity contribution in [1.29, 1.82) is 0 Å². The Labute approximate surface area is 133 Å². The topological polar surface area (TPSA) is 80.3 Å².